The van der Waals surface area contributed by atoms with Gasteiger partial charge in [-0.3, -0.25) is 9.69 Å². The van der Waals surface area contributed by atoms with Gasteiger partial charge in [0.25, 0.3) is 0 Å². The zero-order valence-electron chi connectivity index (χ0n) is 23.0. The summed E-state index contributed by atoms with van der Waals surface area (Å²) in [5, 5.41) is 13.6. The van der Waals surface area contributed by atoms with Crippen molar-refractivity contribution in [3.05, 3.63) is 52.5 Å². The van der Waals surface area contributed by atoms with E-state index < -0.39 is 23.4 Å². The highest BCUT2D eigenvalue weighted by atomic mass is 19.1. The number of nitrogens with one attached hydrogen (secondary N) is 1. The highest BCUT2D eigenvalue weighted by molar-refractivity contribution is 5.77. The first-order valence-electron chi connectivity index (χ1n) is 14.2. The van der Waals surface area contributed by atoms with Gasteiger partial charge in [0.15, 0.2) is 11.6 Å². The van der Waals surface area contributed by atoms with E-state index in [2.05, 4.69) is 17.4 Å². The number of nitrogens with zero attached hydrogens (tertiary/aromatic N) is 2. The van der Waals surface area contributed by atoms with Gasteiger partial charge in [0.05, 0.1) is 18.8 Å². The van der Waals surface area contributed by atoms with Gasteiger partial charge in [-0.25, -0.2) is 9.37 Å². The van der Waals surface area contributed by atoms with Gasteiger partial charge < -0.3 is 24.6 Å². The minimum absolute atomic E-state index is 0.0216. The zero-order chi connectivity index (χ0) is 27.4. The van der Waals surface area contributed by atoms with Crippen molar-refractivity contribution in [2.75, 3.05) is 45.8 Å². The van der Waals surface area contributed by atoms with E-state index in [1.807, 2.05) is 4.90 Å². The maximum absolute atomic E-state index is 15.0. The van der Waals surface area contributed by atoms with Crippen LogP contribution >= 0.6 is 0 Å². The predicted octanol–water partition coefficient (Wildman–Crippen LogP) is 4.85. The number of pyridine rings is 1. The third kappa shape index (κ3) is 6.21. The molecule has 2 aliphatic heterocycles. The molecule has 3 aliphatic rings. The zero-order valence-corrected chi connectivity index (χ0v) is 23.0. The second-order valence-electron chi connectivity index (χ2n) is 10.9. The molecule has 9 heteroatoms. The Balaban J connectivity index is 1.12. The van der Waals surface area contributed by atoms with Crippen molar-refractivity contribution in [3.63, 3.8) is 0 Å². The maximum Gasteiger partial charge on any atom is 0.325 e. The lowest BCUT2D eigenvalue weighted by Gasteiger charge is -2.27. The van der Waals surface area contributed by atoms with Crippen LogP contribution in [0.5, 0.6) is 5.75 Å². The monoisotopic (exact) mass is 541 g/mol. The molecule has 1 aliphatic carbocycles. The van der Waals surface area contributed by atoms with Crippen LogP contribution in [0.1, 0.15) is 73.4 Å². The first-order valence-corrected chi connectivity index (χ1v) is 14.2. The summed E-state index contributed by atoms with van der Waals surface area (Å²) in [5.74, 6) is -0.566. The summed E-state index contributed by atoms with van der Waals surface area (Å²) in [6.07, 6.45) is 8.53. The van der Waals surface area contributed by atoms with Gasteiger partial charge in [-0.15, -0.1) is 0 Å². The standard InChI is InChI=1S/C30H40FN3O5/c1-37-27-24(17-21(18-25(27)31)30(38-2)12-13-30)26(29(35)36)34-15-11-23(19-34)39-16-5-3-4-8-22-10-9-20-7-6-14-32-28(20)33-22/h9-10,17-18,23,26H,3-8,11-16,19H2,1-2H3,(H,32,33)(H,35,36)/t23-,26+/m1/s1. The molecule has 3 heterocycles. The van der Waals surface area contributed by atoms with Crippen LogP contribution in [-0.4, -0.2) is 67.5 Å². The Hall–Kier alpha value is -2.75. The molecule has 1 saturated heterocycles. The number of carboxylic acid groups (broad SMARTS) is 1. The van der Waals surface area contributed by atoms with Gasteiger partial charge in [-0.05, 0) is 80.7 Å². The van der Waals surface area contributed by atoms with Gasteiger partial charge in [0.1, 0.15) is 11.9 Å². The average Bonchev–Trinajstić information content (AvgIpc) is 3.62. The van der Waals surface area contributed by atoms with Crippen molar-refractivity contribution in [2.24, 2.45) is 0 Å². The average molecular weight is 542 g/mol. The number of methoxy groups -OCH3 is 2. The minimum Gasteiger partial charge on any atom is -0.493 e. The summed E-state index contributed by atoms with van der Waals surface area (Å²) < 4.78 is 32.1. The smallest absolute Gasteiger partial charge is 0.325 e. The Labute approximate surface area is 229 Å². The molecule has 5 rings (SSSR count). The van der Waals surface area contributed by atoms with Crippen LogP contribution < -0.4 is 10.1 Å². The van der Waals surface area contributed by atoms with Crippen molar-refractivity contribution in [3.8, 4) is 5.75 Å². The Morgan fingerprint density at radius 3 is 2.85 bits per heavy atom. The molecule has 212 valence electrons. The summed E-state index contributed by atoms with van der Waals surface area (Å²) in [6.45, 7) is 2.68. The highest BCUT2D eigenvalue weighted by Crippen LogP contribution is 2.50. The molecule has 1 aromatic heterocycles. The van der Waals surface area contributed by atoms with E-state index in [-0.39, 0.29) is 11.9 Å². The minimum atomic E-state index is -1.03. The molecule has 0 spiro atoms. The molecule has 0 unspecified atom stereocenters. The summed E-state index contributed by atoms with van der Waals surface area (Å²) >= 11 is 0. The normalized spacial score (nSPS) is 20.7. The van der Waals surface area contributed by atoms with Gasteiger partial charge in [0, 0.05) is 44.6 Å². The maximum atomic E-state index is 15.0. The summed E-state index contributed by atoms with van der Waals surface area (Å²) in [6, 6.07) is 6.48. The number of anilines is 1. The molecule has 0 bridgehead atoms. The van der Waals surface area contributed by atoms with Crippen LogP contribution in [0.3, 0.4) is 0 Å². The highest BCUT2D eigenvalue weighted by Gasteiger charge is 2.46. The van der Waals surface area contributed by atoms with E-state index in [1.165, 1.54) is 25.2 Å². The molecule has 0 radical (unpaired) electrons. The second-order valence-corrected chi connectivity index (χ2v) is 10.9. The lowest BCUT2D eigenvalue weighted by Crippen LogP contribution is -2.34. The number of hydrogen-bond acceptors (Lipinski definition) is 7. The Morgan fingerprint density at radius 1 is 1.26 bits per heavy atom. The summed E-state index contributed by atoms with van der Waals surface area (Å²) in [7, 11) is 2.98. The van der Waals surface area contributed by atoms with Crippen LogP contribution in [-0.2, 0) is 32.7 Å². The second kappa shape index (κ2) is 12.2. The van der Waals surface area contributed by atoms with Crippen molar-refractivity contribution in [1.29, 1.82) is 0 Å². The molecule has 2 N–H and O–H groups in total. The number of halogens is 1. The first kappa shape index (κ1) is 27.8. The van der Waals surface area contributed by atoms with Gasteiger partial charge in [-0.2, -0.15) is 0 Å². The van der Waals surface area contributed by atoms with Crippen molar-refractivity contribution in [2.45, 2.75) is 75.5 Å². The number of ether oxygens (including phenoxy) is 3. The number of carbonyl (C=O) groups is 1. The van der Waals surface area contributed by atoms with Crippen LogP contribution in [0.25, 0.3) is 0 Å². The molecular weight excluding hydrogens is 501 g/mol. The molecule has 2 atom stereocenters. The number of unbranched alkanes of at least 4 members (excludes halogenated alkanes) is 2. The van der Waals surface area contributed by atoms with Gasteiger partial charge in [-0.1, -0.05) is 12.5 Å². The van der Waals surface area contributed by atoms with Crippen LogP contribution in [0, 0.1) is 5.82 Å². The van der Waals surface area contributed by atoms with E-state index in [0.717, 1.165) is 69.4 Å². The Bertz CT molecular complexity index is 1170. The van der Waals surface area contributed by atoms with Crippen molar-refractivity contribution in [1.82, 2.24) is 9.88 Å². The largest absolute Gasteiger partial charge is 0.493 e. The predicted molar refractivity (Wildman–Crippen MR) is 146 cm³/mol. The van der Waals surface area contributed by atoms with Crippen LogP contribution in [0.2, 0.25) is 0 Å². The lowest BCUT2D eigenvalue weighted by molar-refractivity contribution is -0.143. The number of hydrogen-bond donors (Lipinski definition) is 2. The number of carboxylic acids is 1. The molecule has 1 saturated carbocycles. The van der Waals surface area contributed by atoms with Gasteiger partial charge >= 0.3 is 5.97 Å². The number of rotatable bonds is 13. The van der Waals surface area contributed by atoms with Crippen LogP contribution in [0.15, 0.2) is 24.3 Å². The third-order valence-electron chi connectivity index (χ3n) is 8.35. The third-order valence-corrected chi connectivity index (χ3v) is 8.35. The molecular formula is C30H40FN3O5. The van der Waals surface area contributed by atoms with E-state index in [4.69, 9.17) is 19.2 Å². The van der Waals surface area contributed by atoms with Crippen molar-refractivity contribution >= 4 is 11.8 Å². The summed E-state index contributed by atoms with van der Waals surface area (Å²) in [4.78, 5) is 19.1. The fourth-order valence-electron chi connectivity index (χ4n) is 5.97. The van der Waals surface area contributed by atoms with E-state index >= 15 is 4.39 Å². The molecule has 1 aromatic carbocycles. The Kier molecular flexibility index (Phi) is 8.69. The van der Waals surface area contributed by atoms with Crippen LogP contribution in [0.4, 0.5) is 10.2 Å². The first-order chi connectivity index (χ1) is 18.9. The molecule has 2 aromatic rings. The number of aliphatic carboxylic acids is 1. The number of aryl methyl sites for hydroxylation is 2. The molecule has 8 nitrogen and oxygen atoms in total. The van der Waals surface area contributed by atoms with E-state index in [0.29, 0.717) is 30.8 Å². The number of likely N-dealkylation sites (tertiary alicyclic amines) is 1. The SMILES string of the molecule is COc1c(F)cc(C2(OC)CC2)cc1[C@@H](C(=O)O)N1CC[C@@H](OCCCCCc2ccc3c(n2)NCCC3)C1. The number of fused-ring (bicyclic) bond motifs is 1. The van der Waals surface area contributed by atoms with Crippen molar-refractivity contribution < 1.29 is 28.5 Å². The van der Waals surface area contributed by atoms with E-state index in [9.17, 15) is 9.90 Å². The summed E-state index contributed by atoms with van der Waals surface area (Å²) in [5.41, 5.74) is 2.90. The fraction of sp³-hybridized carbons (Fsp3) is 0.600. The number of benzene rings is 1. The Morgan fingerprint density at radius 2 is 2.10 bits per heavy atom. The fourth-order valence-corrected chi connectivity index (χ4v) is 5.97. The quantitative estimate of drug-likeness (QED) is 0.348. The molecule has 0 amide bonds. The van der Waals surface area contributed by atoms with E-state index in [1.54, 1.807) is 13.2 Å². The van der Waals surface area contributed by atoms with Gasteiger partial charge in [0.2, 0.25) is 0 Å². The number of aromatic nitrogens is 1. The lowest BCUT2D eigenvalue weighted by atomic mass is 9.97. The topological polar surface area (TPSA) is 93.2 Å². The molecule has 2 fully saturated rings. The molecule has 39 heavy (non-hydrogen) atoms.